The lowest BCUT2D eigenvalue weighted by Gasteiger charge is -2.23. The van der Waals surface area contributed by atoms with Crippen molar-refractivity contribution in [2.45, 2.75) is 45.4 Å². The lowest BCUT2D eigenvalue weighted by molar-refractivity contribution is 0.508. The number of hydrogen-bond donors (Lipinski definition) is 0. The van der Waals surface area contributed by atoms with Crippen molar-refractivity contribution in [3.05, 3.63) is 33.7 Å². The van der Waals surface area contributed by atoms with Crippen LogP contribution in [0.15, 0.2) is 16.7 Å². The SMILES string of the molecule is Cc1cc(Br)cn2c3c(nc12)C(C)CCC3C. The molecule has 0 fully saturated rings. The first kappa shape index (κ1) is 11.3. The van der Waals surface area contributed by atoms with E-state index in [1.807, 2.05) is 0 Å². The Hall–Kier alpha value is -0.830. The van der Waals surface area contributed by atoms with E-state index >= 15 is 0 Å². The third-order valence-electron chi connectivity index (χ3n) is 3.90. The first-order valence-electron chi connectivity index (χ1n) is 6.26. The molecule has 0 radical (unpaired) electrons. The van der Waals surface area contributed by atoms with Gasteiger partial charge in [-0.25, -0.2) is 4.98 Å². The average Bonchev–Trinajstić information content (AvgIpc) is 2.64. The second-order valence-corrected chi connectivity index (χ2v) is 6.21. The van der Waals surface area contributed by atoms with E-state index in [0.29, 0.717) is 11.8 Å². The van der Waals surface area contributed by atoms with Crippen LogP contribution >= 0.6 is 15.9 Å². The molecule has 0 spiro atoms. The number of rotatable bonds is 0. The average molecular weight is 293 g/mol. The zero-order chi connectivity index (χ0) is 12.2. The molecule has 17 heavy (non-hydrogen) atoms. The molecule has 90 valence electrons. The van der Waals surface area contributed by atoms with Gasteiger partial charge in [-0.2, -0.15) is 0 Å². The summed E-state index contributed by atoms with van der Waals surface area (Å²) in [6.07, 6.45) is 4.69. The lowest BCUT2D eigenvalue weighted by Crippen LogP contribution is -2.11. The quantitative estimate of drug-likeness (QED) is 0.703. The molecule has 3 rings (SSSR count). The minimum Gasteiger partial charge on any atom is -0.302 e. The van der Waals surface area contributed by atoms with E-state index in [0.717, 1.165) is 10.1 Å². The molecular weight excluding hydrogens is 276 g/mol. The number of hydrogen-bond acceptors (Lipinski definition) is 1. The van der Waals surface area contributed by atoms with Gasteiger partial charge in [-0.15, -0.1) is 0 Å². The molecule has 1 aliphatic rings. The van der Waals surface area contributed by atoms with Gasteiger partial charge in [0, 0.05) is 22.3 Å². The standard InChI is InChI=1S/C14H17BrN2/c1-8-4-5-9(2)13-12(8)16-14-10(3)6-11(15)7-17(13)14/h6-9H,4-5H2,1-3H3. The fourth-order valence-electron chi connectivity index (χ4n) is 2.93. The van der Waals surface area contributed by atoms with Crippen molar-refractivity contribution in [2.24, 2.45) is 0 Å². The summed E-state index contributed by atoms with van der Waals surface area (Å²) in [5.74, 6) is 1.21. The second kappa shape index (κ2) is 3.84. The van der Waals surface area contributed by atoms with E-state index in [9.17, 15) is 0 Å². The van der Waals surface area contributed by atoms with Crippen LogP contribution < -0.4 is 0 Å². The monoisotopic (exact) mass is 292 g/mol. The Kier molecular flexibility index (Phi) is 2.54. The molecule has 2 unspecified atom stereocenters. The van der Waals surface area contributed by atoms with Crippen LogP contribution in [0.3, 0.4) is 0 Å². The number of nitrogens with zero attached hydrogens (tertiary/aromatic N) is 2. The fourth-order valence-corrected chi connectivity index (χ4v) is 3.48. The molecule has 1 aliphatic carbocycles. The molecule has 0 N–H and O–H groups in total. The summed E-state index contributed by atoms with van der Waals surface area (Å²) in [5.41, 5.74) is 5.10. The molecule has 3 heteroatoms. The van der Waals surface area contributed by atoms with Crippen LogP contribution in [-0.4, -0.2) is 9.38 Å². The third kappa shape index (κ3) is 1.63. The molecule has 0 saturated carbocycles. The maximum atomic E-state index is 4.87. The van der Waals surface area contributed by atoms with Gasteiger partial charge in [0.25, 0.3) is 0 Å². The van der Waals surface area contributed by atoms with E-state index in [-0.39, 0.29) is 0 Å². The van der Waals surface area contributed by atoms with Crippen LogP contribution in [0.25, 0.3) is 5.65 Å². The third-order valence-corrected chi connectivity index (χ3v) is 4.34. The summed E-state index contributed by atoms with van der Waals surface area (Å²) in [6, 6.07) is 2.14. The van der Waals surface area contributed by atoms with E-state index in [4.69, 9.17) is 4.98 Å². The number of pyridine rings is 1. The number of fused-ring (bicyclic) bond motifs is 3. The van der Waals surface area contributed by atoms with Crippen molar-refractivity contribution >= 4 is 21.6 Å². The molecule has 2 atom stereocenters. The highest BCUT2D eigenvalue weighted by atomic mass is 79.9. The number of imidazole rings is 1. The van der Waals surface area contributed by atoms with Gasteiger partial charge in [0.15, 0.2) is 0 Å². The normalized spacial score (nSPS) is 24.0. The first-order valence-corrected chi connectivity index (χ1v) is 7.05. The topological polar surface area (TPSA) is 17.3 Å². The zero-order valence-electron chi connectivity index (χ0n) is 10.5. The van der Waals surface area contributed by atoms with Crippen molar-refractivity contribution in [3.63, 3.8) is 0 Å². The smallest absolute Gasteiger partial charge is 0.140 e. The zero-order valence-corrected chi connectivity index (χ0v) is 12.1. The van der Waals surface area contributed by atoms with E-state index in [2.05, 4.69) is 53.4 Å². The van der Waals surface area contributed by atoms with E-state index in [1.54, 1.807) is 0 Å². The Bertz CT molecular complexity index is 585. The first-order chi connectivity index (χ1) is 8.08. The molecule has 2 aromatic rings. The van der Waals surface area contributed by atoms with Crippen LogP contribution in [-0.2, 0) is 0 Å². The molecule has 0 aromatic carbocycles. The Balaban J connectivity index is 2.38. The summed E-state index contributed by atoms with van der Waals surface area (Å²) < 4.78 is 3.42. The molecule has 0 saturated heterocycles. The summed E-state index contributed by atoms with van der Waals surface area (Å²) in [6.45, 7) is 6.74. The van der Waals surface area contributed by atoms with Gasteiger partial charge in [0.1, 0.15) is 5.65 Å². The van der Waals surface area contributed by atoms with Gasteiger partial charge in [0.2, 0.25) is 0 Å². The van der Waals surface area contributed by atoms with Crippen molar-refractivity contribution in [1.82, 2.24) is 9.38 Å². The fraction of sp³-hybridized carbons (Fsp3) is 0.500. The van der Waals surface area contributed by atoms with Crippen LogP contribution in [0.4, 0.5) is 0 Å². The Morgan fingerprint density at radius 2 is 2.00 bits per heavy atom. The maximum absolute atomic E-state index is 4.87. The van der Waals surface area contributed by atoms with Gasteiger partial charge in [-0.1, -0.05) is 13.8 Å². The lowest BCUT2D eigenvalue weighted by atomic mass is 9.85. The van der Waals surface area contributed by atoms with Gasteiger partial charge in [-0.3, -0.25) is 0 Å². The van der Waals surface area contributed by atoms with Gasteiger partial charge >= 0.3 is 0 Å². The molecule has 2 nitrogen and oxygen atoms in total. The van der Waals surface area contributed by atoms with Crippen LogP contribution in [0.2, 0.25) is 0 Å². The highest BCUT2D eigenvalue weighted by Gasteiger charge is 2.27. The van der Waals surface area contributed by atoms with Crippen LogP contribution in [0, 0.1) is 6.92 Å². The minimum absolute atomic E-state index is 0.597. The molecule has 2 aromatic heterocycles. The highest BCUT2D eigenvalue weighted by Crippen LogP contribution is 2.39. The number of aryl methyl sites for hydroxylation is 1. The molecule has 0 amide bonds. The van der Waals surface area contributed by atoms with E-state index in [1.165, 1.54) is 29.8 Å². The van der Waals surface area contributed by atoms with Crippen LogP contribution in [0.5, 0.6) is 0 Å². The Morgan fingerprint density at radius 1 is 1.29 bits per heavy atom. The highest BCUT2D eigenvalue weighted by molar-refractivity contribution is 9.10. The summed E-state index contributed by atoms with van der Waals surface area (Å²) in [7, 11) is 0. The van der Waals surface area contributed by atoms with Crippen molar-refractivity contribution < 1.29 is 0 Å². The maximum Gasteiger partial charge on any atom is 0.140 e. The Labute approximate surface area is 110 Å². The summed E-state index contributed by atoms with van der Waals surface area (Å²) in [5, 5.41) is 0. The predicted molar refractivity (Wildman–Crippen MR) is 73.7 cm³/mol. The summed E-state index contributed by atoms with van der Waals surface area (Å²) in [4.78, 5) is 4.87. The molecule has 0 bridgehead atoms. The van der Waals surface area contributed by atoms with Gasteiger partial charge in [0.05, 0.1) is 5.69 Å². The van der Waals surface area contributed by atoms with Crippen molar-refractivity contribution in [2.75, 3.05) is 0 Å². The molecular formula is C14H17BrN2. The largest absolute Gasteiger partial charge is 0.302 e. The second-order valence-electron chi connectivity index (χ2n) is 5.30. The molecule has 0 aliphatic heterocycles. The van der Waals surface area contributed by atoms with Gasteiger partial charge < -0.3 is 4.40 Å². The van der Waals surface area contributed by atoms with Crippen molar-refractivity contribution in [3.8, 4) is 0 Å². The predicted octanol–water partition coefficient (Wildman–Crippen LogP) is 4.41. The number of aromatic nitrogens is 2. The van der Waals surface area contributed by atoms with Crippen LogP contribution in [0.1, 0.15) is 55.5 Å². The summed E-state index contributed by atoms with van der Waals surface area (Å²) >= 11 is 3.58. The van der Waals surface area contributed by atoms with Gasteiger partial charge in [-0.05, 0) is 53.2 Å². The van der Waals surface area contributed by atoms with Crippen molar-refractivity contribution in [1.29, 1.82) is 0 Å². The van der Waals surface area contributed by atoms with E-state index < -0.39 is 0 Å². The number of halogens is 1. The Morgan fingerprint density at radius 3 is 2.76 bits per heavy atom. The molecule has 2 heterocycles. The minimum atomic E-state index is 0.597.